The molecule has 0 aromatic heterocycles. The van der Waals surface area contributed by atoms with E-state index in [9.17, 15) is 14.7 Å². The molecular weight excluding hydrogens is 178 g/mol. The van der Waals surface area contributed by atoms with Crippen LogP contribution in [0, 0.1) is 0 Å². The van der Waals surface area contributed by atoms with Crippen molar-refractivity contribution in [3.63, 3.8) is 0 Å². The van der Waals surface area contributed by atoms with E-state index in [1.54, 1.807) is 0 Å². The minimum atomic E-state index is -1.48. The second-order valence-electron chi connectivity index (χ2n) is 2.30. The van der Waals surface area contributed by atoms with E-state index in [0.29, 0.717) is 0 Å². The largest absolute Gasteiger partial charge is 0.612 e. The number of ether oxygens (including phenoxy) is 1. The van der Waals surface area contributed by atoms with Gasteiger partial charge in [0.25, 0.3) is 0 Å². The van der Waals surface area contributed by atoms with Crippen molar-refractivity contribution in [2.45, 2.75) is 6.42 Å². The topological polar surface area (TPSA) is 89.7 Å². The first-order valence-corrected chi connectivity index (χ1v) is 3.42. The van der Waals surface area contributed by atoms with Gasteiger partial charge in [-0.05, 0) is 7.11 Å². The Kier molecular flexibility index (Phi) is 2.32. The molecule has 70 valence electrons. The highest BCUT2D eigenvalue weighted by Gasteiger charge is 2.36. The molecule has 0 saturated carbocycles. The zero-order chi connectivity index (χ0) is 10.0. The van der Waals surface area contributed by atoms with Crippen molar-refractivity contribution >= 4 is 18.1 Å². The van der Waals surface area contributed by atoms with Crippen LogP contribution in [0.5, 0.6) is 0 Å². The molecule has 1 amide bonds. The van der Waals surface area contributed by atoms with Crippen molar-refractivity contribution in [3.05, 3.63) is 11.6 Å². The van der Waals surface area contributed by atoms with Crippen molar-refractivity contribution in [2.75, 3.05) is 7.11 Å². The van der Waals surface area contributed by atoms with E-state index < -0.39 is 23.5 Å². The summed E-state index contributed by atoms with van der Waals surface area (Å²) in [7, 11) is 1.05. The van der Waals surface area contributed by atoms with Crippen LogP contribution in [0.2, 0.25) is 0 Å². The molecule has 1 rings (SSSR count). The molecular formula is C7H7NO5. The summed E-state index contributed by atoms with van der Waals surface area (Å²) < 4.78 is 4.98. The molecule has 0 radical (unpaired) electrons. The summed E-state index contributed by atoms with van der Waals surface area (Å²) >= 11 is 0. The average molecular weight is 185 g/mol. The van der Waals surface area contributed by atoms with E-state index in [2.05, 4.69) is 4.74 Å². The third-order valence-electron chi connectivity index (χ3n) is 1.54. The highest BCUT2D eigenvalue weighted by Crippen LogP contribution is 2.09. The summed E-state index contributed by atoms with van der Waals surface area (Å²) in [6, 6.07) is 0. The van der Waals surface area contributed by atoms with E-state index >= 15 is 0 Å². The van der Waals surface area contributed by atoms with Crippen LogP contribution in [0.15, 0.2) is 11.6 Å². The Morgan fingerprint density at radius 2 is 2.38 bits per heavy atom. The van der Waals surface area contributed by atoms with E-state index in [1.165, 1.54) is 6.21 Å². The average Bonchev–Trinajstić information content (AvgIpc) is 2.09. The number of carboxylic acids is 1. The minimum absolute atomic E-state index is 0.147. The van der Waals surface area contributed by atoms with E-state index in [1.807, 2.05) is 0 Å². The SMILES string of the molecule is CO/C([O-])=C(\C(=O)O)[N+]1=CCC1=O. The number of amides is 1. The van der Waals surface area contributed by atoms with Crippen molar-refractivity contribution in [1.82, 2.24) is 0 Å². The maximum atomic E-state index is 10.9. The predicted octanol–water partition coefficient (Wildman–Crippen LogP) is -1.74. The van der Waals surface area contributed by atoms with Crippen molar-refractivity contribution < 1.29 is 29.1 Å². The lowest BCUT2D eigenvalue weighted by Crippen LogP contribution is -2.37. The Morgan fingerprint density at radius 1 is 1.77 bits per heavy atom. The van der Waals surface area contributed by atoms with Crippen LogP contribution >= 0.6 is 0 Å². The number of methoxy groups -OCH3 is 1. The fraction of sp³-hybridized carbons (Fsp3) is 0.286. The predicted molar refractivity (Wildman–Crippen MR) is 37.6 cm³/mol. The molecule has 0 aromatic rings. The van der Waals surface area contributed by atoms with Crippen LogP contribution in [0.4, 0.5) is 0 Å². The Hall–Kier alpha value is -1.85. The van der Waals surface area contributed by atoms with Crippen LogP contribution in [-0.2, 0) is 14.3 Å². The maximum absolute atomic E-state index is 10.9. The zero-order valence-corrected chi connectivity index (χ0v) is 6.81. The molecule has 1 aliphatic rings. The van der Waals surface area contributed by atoms with Gasteiger partial charge in [0.2, 0.25) is 0 Å². The molecule has 6 heteroatoms. The van der Waals surface area contributed by atoms with Gasteiger partial charge in [0.15, 0.2) is 12.6 Å². The fourth-order valence-electron chi connectivity index (χ4n) is 0.858. The molecule has 6 nitrogen and oxygen atoms in total. The molecule has 1 aliphatic heterocycles. The lowest BCUT2D eigenvalue weighted by Gasteiger charge is -2.12. The third-order valence-corrected chi connectivity index (χ3v) is 1.54. The molecule has 0 atom stereocenters. The summed E-state index contributed by atoms with van der Waals surface area (Å²) in [6.07, 6.45) is 1.45. The smallest absolute Gasteiger partial charge is 0.403 e. The lowest BCUT2D eigenvalue weighted by atomic mass is 10.2. The van der Waals surface area contributed by atoms with Gasteiger partial charge < -0.3 is 14.9 Å². The third kappa shape index (κ3) is 1.51. The second kappa shape index (κ2) is 3.26. The van der Waals surface area contributed by atoms with Crippen LogP contribution in [0.3, 0.4) is 0 Å². The van der Waals surface area contributed by atoms with Gasteiger partial charge in [-0.15, -0.1) is 4.58 Å². The summed E-state index contributed by atoms with van der Waals surface area (Å²) in [5, 5.41) is 19.5. The highest BCUT2D eigenvalue weighted by molar-refractivity contribution is 5.97. The summed E-state index contributed by atoms with van der Waals surface area (Å²) in [5.74, 6) is -2.93. The first-order valence-electron chi connectivity index (χ1n) is 3.42. The van der Waals surface area contributed by atoms with Crippen molar-refractivity contribution in [1.29, 1.82) is 0 Å². The number of hydrogen-bond acceptors (Lipinski definition) is 4. The first-order chi connectivity index (χ1) is 6.07. The van der Waals surface area contributed by atoms with Crippen LogP contribution in [0.1, 0.15) is 6.42 Å². The van der Waals surface area contributed by atoms with E-state index in [4.69, 9.17) is 5.11 Å². The second-order valence-corrected chi connectivity index (χ2v) is 2.30. The standard InChI is InChI=1S/C7H7NO5/c1-13-7(12)5(6(10)11)8-3-2-4(8)9/h3H,2H2,1H3,(H-,10,11,12)/b7-5+. The number of carbonyl (C=O) groups excluding carboxylic acids is 1. The monoisotopic (exact) mass is 185 g/mol. The molecule has 0 fully saturated rings. The Labute approximate surface area is 73.4 Å². The Balaban J connectivity index is 3.08. The number of nitrogens with zero attached hydrogens (tertiary/aromatic N) is 1. The molecule has 1 heterocycles. The van der Waals surface area contributed by atoms with Gasteiger partial charge in [0, 0.05) is 0 Å². The summed E-state index contributed by atoms with van der Waals surface area (Å²) in [5.41, 5.74) is -0.668. The first kappa shape index (κ1) is 9.24. The van der Waals surface area contributed by atoms with Gasteiger partial charge in [-0.1, -0.05) is 0 Å². The summed E-state index contributed by atoms with van der Waals surface area (Å²) in [4.78, 5) is 21.3. The van der Waals surface area contributed by atoms with Crippen LogP contribution in [0.25, 0.3) is 0 Å². The zero-order valence-electron chi connectivity index (χ0n) is 6.81. The number of aliphatic carboxylic acids is 1. The van der Waals surface area contributed by atoms with Gasteiger partial charge >= 0.3 is 17.6 Å². The van der Waals surface area contributed by atoms with E-state index in [0.717, 1.165) is 11.7 Å². The molecule has 0 saturated heterocycles. The quantitative estimate of drug-likeness (QED) is 0.320. The molecule has 0 unspecified atom stereocenters. The van der Waals surface area contributed by atoms with Crippen LogP contribution in [-0.4, -0.2) is 34.9 Å². The molecule has 0 bridgehead atoms. The van der Waals surface area contributed by atoms with Gasteiger partial charge in [-0.2, -0.15) is 0 Å². The normalized spacial score (nSPS) is 17.0. The number of rotatable bonds is 3. The highest BCUT2D eigenvalue weighted by atomic mass is 16.6. The van der Waals surface area contributed by atoms with Gasteiger partial charge in [-0.25, -0.2) is 9.59 Å². The number of carboxylic acid groups (broad SMARTS) is 1. The fourth-order valence-corrected chi connectivity index (χ4v) is 0.858. The van der Waals surface area contributed by atoms with Gasteiger partial charge in [0.1, 0.15) is 5.95 Å². The summed E-state index contributed by atoms with van der Waals surface area (Å²) in [6.45, 7) is 0. The van der Waals surface area contributed by atoms with Crippen molar-refractivity contribution in [3.8, 4) is 0 Å². The molecule has 0 aliphatic carbocycles. The van der Waals surface area contributed by atoms with Crippen molar-refractivity contribution in [2.24, 2.45) is 0 Å². The molecule has 1 N–H and O–H groups in total. The number of carbonyl (C=O) groups is 2. The Bertz CT molecular complexity index is 328. The minimum Gasteiger partial charge on any atom is -0.612 e. The van der Waals surface area contributed by atoms with E-state index in [-0.39, 0.29) is 6.42 Å². The molecule has 13 heavy (non-hydrogen) atoms. The lowest BCUT2D eigenvalue weighted by molar-refractivity contribution is -0.439. The molecule has 0 aromatic carbocycles. The van der Waals surface area contributed by atoms with Gasteiger partial charge in [0.05, 0.1) is 0 Å². The number of hydrogen-bond donors (Lipinski definition) is 1. The van der Waals surface area contributed by atoms with Gasteiger partial charge in [-0.3, -0.25) is 0 Å². The molecule has 0 spiro atoms. The maximum Gasteiger partial charge on any atom is 0.403 e. The Morgan fingerprint density at radius 3 is 2.62 bits per heavy atom. The van der Waals surface area contributed by atoms with Crippen LogP contribution < -0.4 is 5.11 Å².